The van der Waals surface area contributed by atoms with Crippen molar-refractivity contribution in [2.45, 2.75) is 27.7 Å². The summed E-state index contributed by atoms with van der Waals surface area (Å²) >= 11 is 0. The predicted octanol–water partition coefficient (Wildman–Crippen LogP) is 4.34. The van der Waals surface area contributed by atoms with E-state index in [0.29, 0.717) is 13.1 Å². The third-order valence-electron chi connectivity index (χ3n) is 5.92. The standard InChI is InChI=1S/C25H28N4O/c1-17-6-5-7-21(14-17)25(30)29-12-10-28(11-13-29)24-9-8-23(26-27-24)22-16-19(3)18(2)15-20(22)4/h5-9,14-16H,10-13H2,1-4H3. The van der Waals surface area contributed by atoms with Crippen LogP contribution in [0.5, 0.6) is 0 Å². The highest BCUT2D eigenvalue weighted by Gasteiger charge is 2.23. The molecule has 1 saturated heterocycles. The maximum atomic E-state index is 12.8. The van der Waals surface area contributed by atoms with Crippen LogP contribution in [0, 0.1) is 27.7 Å². The molecule has 0 saturated carbocycles. The van der Waals surface area contributed by atoms with Gasteiger partial charge in [0.05, 0.1) is 5.69 Å². The molecule has 2 heterocycles. The van der Waals surface area contributed by atoms with Crippen LogP contribution in [0.2, 0.25) is 0 Å². The molecule has 1 aromatic heterocycles. The summed E-state index contributed by atoms with van der Waals surface area (Å²) in [5.74, 6) is 0.966. The third-order valence-corrected chi connectivity index (χ3v) is 5.92. The number of aryl methyl sites for hydroxylation is 4. The molecule has 154 valence electrons. The van der Waals surface area contributed by atoms with E-state index in [2.05, 4.69) is 48.0 Å². The highest BCUT2D eigenvalue weighted by Crippen LogP contribution is 2.25. The fourth-order valence-corrected chi connectivity index (χ4v) is 3.97. The summed E-state index contributed by atoms with van der Waals surface area (Å²) in [7, 11) is 0. The van der Waals surface area contributed by atoms with E-state index in [-0.39, 0.29) is 5.91 Å². The zero-order chi connectivity index (χ0) is 21.3. The lowest BCUT2D eigenvalue weighted by Gasteiger charge is -2.35. The van der Waals surface area contributed by atoms with Crippen LogP contribution in [-0.4, -0.2) is 47.2 Å². The molecule has 5 heteroatoms. The number of nitrogens with zero attached hydrogens (tertiary/aromatic N) is 4. The van der Waals surface area contributed by atoms with Gasteiger partial charge in [-0.25, -0.2) is 0 Å². The number of piperazine rings is 1. The number of carbonyl (C=O) groups excluding carboxylic acids is 1. The number of anilines is 1. The second-order valence-electron chi connectivity index (χ2n) is 8.18. The lowest BCUT2D eigenvalue weighted by atomic mass is 9.99. The minimum atomic E-state index is 0.102. The fourth-order valence-electron chi connectivity index (χ4n) is 3.97. The minimum absolute atomic E-state index is 0.102. The third kappa shape index (κ3) is 4.06. The Hall–Kier alpha value is -3.21. The summed E-state index contributed by atoms with van der Waals surface area (Å²) in [4.78, 5) is 16.9. The number of hydrogen-bond acceptors (Lipinski definition) is 4. The van der Waals surface area contributed by atoms with Crippen molar-refractivity contribution in [3.63, 3.8) is 0 Å². The van der Waals surface area contributed by atoms with Crippen LogP contribution >= 0.6 is 0 Å². The summed E-state index contributed by atoms with van der Waals surface area (Å²) in [5, 5.41) is 8.98. The number of carbonyl (C=O) groups is 1. The van der Waals surface area contributed by atoms with E-state index >= 15 is 0 Å². The first-order valence-corrected chi connectivity index (χ1v) is 10.5. The number of aromatic nitrogens is 2. The van der Waals surface area contributed by atoms with E-state index < -0.39 is 0 Å². The molecule has 1 aliphatic heterocycles. The van der Waals surface area contributed by atoms with Crippen LogP contribution in [0.4, 0.5) is 5.82 Å². The van der Waals surface area contributed by atoms with Gasteiger partial charge in [0.15, 0.2) is 5.82 Å². The highest BCUT2D eigenvalue weighted by molar-refractivity contribution is 5.94. The predicted molar refractivity (Wildman–Crippen MR) is 121 cm³/mol. The molecule has 0 unspecified atom stereocenters. The Morgan fingerprint density at radius 2 is 1.53 bits per heavy atom. The Labute approximate surface area is 178 Å². The molecule has 5 nitrogen and oxygen atoms in total. The molecular formula is C25H28N4O. The smallest absolute Gasteiger partial charge is 0.253 e. The van der Waals surface area contributed by atoms with Gasteiger partial charge < -0.3 is 9.80 Å². The van der Waals surface area contributed by atoms with Crippen molar-refractivity contribution < 1.29 is 4.79 Å². The number of benzene rings is 2. The first-order valence-electron chi connectivity index (χ1n) is 10.5. The van der Waals surface area contributed by atoms with Gasteiger partial charge in [-0.05, 0) is 74.7 Å². The maximum absolute atomic E-state index is 12.8. The summed E-state index contributed by atoms with van der Waals surface area (Å²) < 4.78 is 0. The molecule has 1 fully saturated rings. The SMILES string of the molecule is Cc1cccc(C(=O)N2CCN(c3ccc(-c4cc(C)c(C)cc4C)nn3)CC2)c1. The van der Waals surface area contributed by atoms with Crippen molar-refractivity contribution in [2.75, 3.05) is 31.1 Å². The lowest BCUT2D eigenvalue weighted by Crippen LogP contribution is -2.49. The van der Waals surface area contributed by atoms with Gasteiger partial charge in [0, 0.05) is 37.3 Å². The summed E-state index contributed by atoms with van der Waals surface area (Å²) in [6.07, 6.45) is 0. The maximum Gasteiger partial charge on any atom is 0.253 e. The molecule has 2 aromatic carbocycles. The molecule has 0 spiro atoms. The van der Waals surface area contributed by atoms with E-state index in [1.165, 1.54) is 16.7 Å². The molecule has 0 aliphatic carbocycles. The van der Waals surface area contributed by atoms with E-state index in [0.717, 1.165) is 41.3 Å². The Bertz CT molecular complexity index is 1070. The molecule has 1 amide bonds. The second-order valence-corrected chi connectivity index (χ2v) is 8.18. The van der Waals surface area contributed by atoms with Crippen LogP contribution in [0.15, 0.2) is 48.5 Å². The molecule has 3 aromatic rings. The topological polar surface area (TPSA) is 49.3 Å². The van der Waals surface area contributed by atoms with Crippen molar-refractivity contribution in [3.05, 3.63) is 76.3 Å². The van der Waals surface area contributed by atoms with Gasteiger partial charge in [-0.2, -0.15) is 0 Å². The van der Waals surface area contributed by atoms with Crippen LogP contribution < -0.4 is 4.90 Å². The van der Waals surface area contributed by atoms with Gasteiger partial charge in [-0.15, -0.1) is 10.2 Å². The molecule has 0 N–H and O–H groups in total. The minimum Gasteiger partial charge on any atom is -0.352 e. The molecule has 4 rings (SSSR count). The zero-order valence-electron chi connectivity index (χ0n) is 18.1. The number of amides is 1. The van der Waals surface area contributed by atoms with E-state index in [9.17, 15) is 4.79 Å². The van der Waals surface area contributed by atoms with Gasteiger partial charge >= 0.3 is 0 Å². The number of hydrogen-bond donors (Lipinski definition) is 0. The Balaban J connectivity index is 1.43. The van der Waals surface area contributed by atoms with Crippen LogP contribution in [-0.2, 0) is 0 Å². The molecule has 0 radical (unpaired) electrons. The number of rotatable bonds is 3. The van der Waals surface area contributed by atoms with E-state index in [1.807, 2.05) is 48.2 Å². The van der Waals surface area contributed by atoms with Crippen LogP contribution in [0.25, 0.3) is 11.3 Å². The molecular weight excluding hydrogens is 372 g/mol. The zero-order valence-corrected chi connectivity index (χ0v) is 18.1. The van der Waals surface area contributed by atoms with E-state index in [4.69, 9.17) is 0 Å². The molecule has 30 heavy (non-hydrogen) atoms. The molecule has 0 bridgehead atoms. The van der Waals surface area contributed by atoms with Crippen LogP contribution in [0.1, 0.15) is 32.6 Å². The van der Waals surface area contributed by atoms with Gasteiger partial charge in [0.25, 0.3) is 5.91 Å². The summed E-state index contributed by atoms with van der Waals surface area (Å²) in [6.45, 7) is 11.3. The summed E-state index contributed by atoms with van der Waals surface area (Å²) in [5.41, 5.74) is 7.65. The largest absolute Gasteiger partial charge is 0.352 e. The average molecular weight is 401 g/mol. The normalized spacial score (nSPS) is 14.1. The molecule has 0 atom stereocenters. The van der Waals surface area contributed by atoms with Crippen molar-refractivity contribution in [2.24, 2.45) is 0 Å². The van der Waals surface area contributed by atoms with Crippen molar-refractivity contribution in [1.29, 1.82) is 0 Å². The quantitative estimate of drug-likeness (QED) is 0.656. The van der Waals surface area contributed by atoms with Crippen molar-refractivity contribution >= 4 is 11.7 Å². The van der Waals surface area contributed by atoms with Gasteiger partial charge in [-0.1, -0.05) is 23.8 Å². The average Bonchev–Trinajstić information content (AvgIpc) is 2.76. The van der Waals surface area contributed by atoms with Crippen molar-refractivity contribution in [1.82, 2.24) is 15.1 Å². The first kappa shape index (κ1) is 20.1. The Morgan fingerprint density at radius 3 is 2.20 bits per heavy atom. The van der Waals surface area contributed by atoms with Gasteiger partial charge in [-0.3, -0.25) is 4.79 Å². The van der Waals surface area contributed by atoms with Crippen molar-refractivity contribution in [3.8, 4) is 11.3 Å². The second kappa shape index (κ2) is 8.27. The van der Waals surface area contributed by atoms with Gasteiger partial charge in [0.1, 0.15) is 0 Å². The monoisotopic (exact) mass is 400 g/mol. The fraction of sp³-hybridized carbons (Fsp3) is 0.320. The summed E-state index contributed by atoms with van der Waals surface area (Å²) in [6, 6.07) is 16.3. The molecule has 1 aliphatic rings. The lowest BCUT2D eigenvalue weighted by molar-refractivity contribution is 0.0746. The Kier molecular flexibility index (Phi) is 5.53. The van der Waals surface area contributed by atoms with Gasteiger partial charge in [0.2, 0.25) is 0 Å². The Morgan fingerprint density at radius 1 is 0.800 bits per heavy atom. The van der Waals surface area contributed by atoms with E-state index in [1.54, 1.807) is 0 Å². The highest BCUT2D eigenvalue weighted by atomic mass is 16.2. The first-order chi connectivity index (χ1) is 14.4. The van der Waals surface area contributed by atoms with Crippen LogP contribution in [0.3, 0.4) is 0 Å².